The molecule has 0 bridgehead atoms. The fraction of sp³-hybridized carbons (Fsp3) is 0.292. The first kappa shape index (κ1) is 21.8. The van der Waals surface area contributed by atoms with Crippen LogP contribution < -0.4 is 5.32 Å². The average molecular weight is 426 g/mol. The van der Waals surface area contributed by atoms with E-state index in [1.165, 1.54) is 6.26 Å². The number of furan rings is 1. The third-order valence-electron chi connectivity index (χ3n) is 5.05. The molecule has 3 rings (SSSR count). The van der Waals surface area contributed by atoms with Gasteiger partial charge in [0.2, 0.25) is 0 Å². The van der Waals surface area contributed by atoms with Crippen molar-refractivity contribution in [1.82, 2.24) is 5.32 Å². The van der Waals surface area contributed by atoms with Crippen molar-refractivity contribution in [3.63, 3.8) is 0 Å². The van der Waals surface area contributed by atoms with Gasteiger partial charge in [0.1, 0.15) is 11.0 Å². The molecule has 0 aliphatic rings. The largest absolute Gasteiger partial charge is 0.468 e. The van der Waals surface area contributed by atoms with Crippen LogP contribution in [0.1, 0.15) is 53.3 Å². The van der Waals surface area contributed by atoms with Gasteiger partial charge >= 0.3 is 0 Å². The molecule has 0 radical (unpaired) electrons. The molecule has 1 aromatic heterocycles. The lowest BCUT2D eigenvalue weighted by Crippen LogP contribution is -2.31. The lowest BCUT2D eigenvalue weighted by atomic mass is 9.87. The van der Waals surface area contributed by atoms with Crippen LogP contribution in [0.4, 0.5) is 0 Å². The molecule has 0 aliphatic carbocycles. The van der Waals surface area contributed by atoms with Gasteiger partial charge in [-0.1, -0.05) is 50.6 Å². The van der Waals surface area contributed by atoms with Gasteiger partial charge in [-0.25, -0.2) is 8.42 Å². The highest BCUT2D eigenvalue weighted by molar-refractivity contribution is 7.91. The van der Waals surface area contributed by atoms with Gasteiger partial charge in [-0.15, -0.1) is 0 Å². The molecule has 1 atom stereocenters. The predicted molar refractivity (Wildman–Crippen MR) is 117 cm³/mol. The summed E-state index contributed by atoms with van der Waals surface area (Å²) in [5.74, 6) is -0.0370. The van der Waals surface area contributed by atoms with Crippen molar-refractivity contribution in [3.05, 3.63) is 89.4 Å². The topological polar surface area (TPSA) is 76.4 Å². The first-order valence-electron chi connectivity index (χ1n) is 9.82. The summed E-state index contributed by atoms with van der Waals surface area (Å²) in [6.07, 6.45) is 1.43. The molecule has 1 amide bonds. The zero-order valence-electron chi connectivity index (χ0n) is 17.7. The number of sulfone groups is 1. The van der Waals surface area contributed by atoms with Crippen LogP contribution in [0.5, 0.6) is 0 Å². The molecule has 1 N–H and O–H groups in total. The SMILES string of the molecule is Cc1ccc(S(=O)(=O)C(CNC(=O)c2ccc(C(C)(C)C)cc2)c2ccco2)cc1. The first-order valence-corrected chi connectivity index (χ1v) is 11.4. The van der Waals surface area contributed by atoms with Gasteiger partial charge in [0, 0.05) is 12.1 Å². The highest BCUT2D eigenvalue weighted by atomic mass is 32.2. The Morgan fingerprint density at radius 1 is 1.00 bits per heavy atom. The van der Waals surface area contributed by atoms with Gasteiger partial charge in [0.05, 0.1) is 11.2 Å². The van der Waals surface area contributed by atoms with Crippen LogP contribution in [0.2, 0.25) is 0 Å². The van der Waals surface area contributed by atoms with Crippen molar-refractivity contribution in [2.45, 2.75) is 43.3 Å². The fourth-order valence-electron chi connectivity index (χ4n) is 3.14. The van der Waals surface area contributed by atoms with E-state index in [4.69, 9.17) is 4.42 Å². The van der Waals surface area contributed by atoms with Crippen molar-refractivity contribution in [2.24, 2.45) is 0 Å². The standard InChI is InChI=1S/C24H27NO4S/c1-17-7-13-20(14-8-17)30(27,28)22(21-6-5-15-29-21)16-25-23(26)18-9-11-19(12-10-18)24(2,3)4/h5-15,22H,16H2,1-4H3,(H,25,26). The molecule has 0 aliphatic heterocycles. The number of benzene rings is 2. The molecule has 2 aromatic carbocycles. The third kappa shape index (κ3) is 4.82. The van der Waals surface area contributed by atoms with Crippen LogP contribution in [0.3, 0.4) is 0 Å². The minimum Gasteiger partial charge on any atom is -0.468 e. The van der Waals surface area contributed by atoms with Gasteiger partial charge in [-0.2, -0.15) is 0 Å². The number of carbonyl (C=O) groups excluding carboxylic acids is 1. The molecule has 6 heteroatoms. The Labute approximate surface area is 178 Å². The molecular formula is C24H27NO4S. The lowest BCUT2D eigenvalue weighted by molar-refractivity contribution is 0.0953. The molecule has 158 valence electrons. The van der Waals surface area contributed by atoms with Crippen molar-refractivity contribution in [2.75, 3.05) is 6.54 Å². The van der Waals surface area contributed by atoms with Gasteiger partial charge in [-0.05, 0) is 54.3 Å². The Bertz CT molecular complexity index is 1090. The molecular weight excluding hydrogens is 398 g/mol. The number of aryl methyl sites for hydroxylation is 1. The Balaban J connectivity index is 1.81. The van der Waals surface area contributed by atoms with Crippen LogP contribution in [0.25, 0.3) is 0 Å². The van der Waals surface area contributed by atoms with E-state index in [0.29, 0.717) is 11.3 Å². The molecule has 1 unspecified atom stereocenters. The number of amides is 1. The summed E-state index contributed by atoms with van der Waals surface area (Å²) in [4.78, 5) is 12.8. The zero-order chi connectivity index (χ0) is 21.9. The van der Waals surface area contributed by atoms with Crippen molar-refractivity contribution < 1.29 is 17.6 Å². The molecule has 0 spiro atoms. The quantitative estimate of drug-likeness (QED) is 0.614. The van der Waals surface area contributed by atoms with E-state index in [1.54, 1.807) is 48.5 Å². The van der Waals surface area contributed by atoms with Gasteiger partial charge in [0.25, 0.3) is 5.91 Å². The van der Waals surface area contributed by atoms with Gasteiger partial charge < -0.3 is 9.73 Å². The number of hydrogen-bond donors (Lipinski definition) is 1. The van der Waals surface area contributed by atoms with Crippen molar-refractivity contribution in [1.29, 1.82) is 0 Å². The van der Waals surface area contributed by atoms with Crippen LogP contribution in [-0.4, -0.2) is 20.9 Å². The lowest BCUT2D eigenvalue weighted by Gasteiger charge is -2.19. The second kappa shape index (κ2) is 8.48. The molecule has 0 fully saturated rings. The molecule has 1 heterocycles. The second-order valence-electron chi connectivity index (χ2n) is 8.40. The van der Waals surface area contributed by atoms with E-state index in [2.05, 4.69) is 26.1 Å². The van der Waals surface area contributed by atoms with Gasteiger partial charge in [0.15, 0.2) is 9.84 Å². The van der Waals surface area contributed by atoms with E-state index < -0.39 is 15.1 Å². The Morgan fingerprint density at radius 3 is 2.17 bits per heavy atom. The maximum atomic E-state index is 13.2. The molecule has 0 saturated carbocycles. The van der Waals surface area contributed by atoms with E-state index in [1.807, 2.05) is 19.1 Å². The Kier molecular flexibility index (Phi) is 6.17. The minimum atomic E-state index is -3.75. The van der Waals surface area contributed by atoms with Crippen LogP contribution >= 0.6 is 0 Å². The highest BCUT2D eigenvalue weighted by Crippen LogP contribution is 2.29. The molecule has 5 nitrogen and oxygen atoms in total. The minimum absolute atomic E-state index is 0.0124. The summed E-state index contributed by atoms with van der Waals surface area (Å²) in [5, 5.41) is 1.73. The predicted octanol–water partition coefficient (Wildman–Crippen LogP) is 4.83. The number of carbonyl (C=O) groups is 1. The molecule has 30 heavy (non-hydrogen) atoms. The van der Waals surface area contributed by atoms with Gasteiger partial charge in [-0.3, -0.25) is 4.79 Å². The summed E-state index contributed by atoms with van der Waals surface area (Å²) < 4.78 is 31.9. The average Bonchev–Trinajstić information content (AvgIpc) is 3.22. The summed E-state index contributed by atoms with van der Waals surface area (Å²) >= 11 is 0. The Morgan fingerprint density at radius 2 is 1.63 bits per heavy atom. The smallest absolute Gasteiger partial charge is 0.251 e. The normalized spacial score (nSPS) is 13.1. The summed E-state index contributed by atoms with van der Waals surface area (Å²) in [6.45, 7) is 8.11. The third-order valence-corrected chi connectivity index (χ3v) is 7.12. The number of nitrogens with one attached hydrogen (secondary N) is 1. The maximum absolute atomic E-state index is 13.2. The van der Waals surface area contributed by atoms with E-state index >= 15 is 0 Å². The highest BCUT2D eigenvalue weighted by Gasteiger charge is 2.32. The van der Waals surface area contributed by atoms with E-state index in [0.717, 1.165) is 11.1 Å². The van der Waals surface area contributed by atoms with Crippen LogP contribution in [0.15, 0.2) is 76.2 Å². The molecule has 0 saturated heterocycles. The maximum Gasteiger partial charge on any atom is 0.251 e. The monoisotopic (exact) mass is 425 g/mol. The summed E-state index contributed by atoms with van der Waals surface area (Å²) in [5.41, 5.74) is 2.56. The van der Waals surface area contributed by atoms with Crippen LogP contribution in [-0.2, 0) is 15.3 Å². The Hall–Kier alpha value is -2.86. The fourth-order valence-corrected chi connectivity index (χ4v) is 4.73. The summed E-state index contributed by atoms with van der Waals surface area (Å²) in [7, 11) is -3.75. The zero-order valence-corrected chi connectivity index (χ0v) is 18.5. The second-order valence-corrected chi connectivity index (χ2v) is 10.5. The van der Waals surface area contributed by atoms with E-state index in [9.17, 15) is 13.2 Å². The van der Waals surface area contributed by atoms with Crippen LogP contribution in [0, 0.1) is 6.92 Å². The summed E-state index contributed by atoms with van der Waals surface area (Å²) in [6, 6.07) is 17.3. The number of rotatable bonds is 6. The van der Waals surface area contributed by atoms with Crippen molar-refractivity contribution in [3.8, 4) is 0 Å². The van der Waals surface area contributed by atoms with Crippen molar-refractivity contribution >= 4 is 15.7 Å². The number of hydrogen-bond acceptors (Lipinski definition) is 4. The first-order chi connectivity index (χ1) is 14.1. The molecule has 3 aromatic rings. The van der Waals surface area contributed by atoms with E-state index in [-0.39, 0.29) is 22.8 Å².